The second kappa shape index (κ2) is 7.72. The van der Waals surface area contributed by atoms with Gasteiger partial charge in [-0.05, 0) is 31.0 Å². The average molecular weight is 274 g/mol. The van der Waals surface area contributed by atoms with Crippen molar-refractivity contribution in [3.05, 3.63) is 54.0 Å². The van der Waals surface area contributed by atoms with Crippen molar-refractivity contribution in [3.63, 3.8) is 0 Å². The minimum atomic E-state index is 0.0492. The van der Waals surface area contributed by atoms with Crippen LogP contribution in [0.15, 0.2) is 47.1 Å². The Hall–Kier alpha value is -1.78. The predicted octanol–water partition coefficient (Wildman–Crippen LogP) is 3.21. The second-order valence-electron chi connectivity index (χ2n) is 4.72. The van der Waals surface area contributed by atoms with Gasteiger partial charge in [-0.3, -0.25) is 11.3 Å². The lowest BCUT2D eigenvalue weighted by Crippen LogP contribution is -2.28. The number of para-hydroxylation sites is 1. The van der Waals surface area contributed by atoms with Crippen molar-refractivity contribution < 1.29 is 9.15 Å². The zero-order valence-electron chi connectivity index (χ0n) is 11.8. The highest BCUT2D eigenvalue weighted by atomic mass is 16.5. The van der Waals surface area contributed by atoms with Crippen molar-refractivity contribution in [2.45, 2.75) is 32.2 Å². The minimum absolute atomic E-state index is 0.0492. The number of hydrazine groups is 1. The van der Waals surface area contributed by atoms with E-state index in [1.165, 1.54) is 0 Å². The van der Waals surface area contributed by atoms with Gasteiger partial charge in [0, 0.05) is 12.0 Å². The van der Waals surface area contributed by atoms with Crippen LogP contribution in [0.2, 0.25) is 0 Å². The Morgan fingerprint density at radius 1 is 1.25 bits per heavy atom. The number of furan rings is 1. The summed E-state index contributed by atoms with van der Waals surface area (Å²) < 4.78 is 11.1. The van der Waals surface area contributed by atoms with Gasteiger partial charge in [0.2, 0.25) is 0 Å². The first kappa shape index (κ1) is 14.6. The highest BCUT2D eigenvalue weighted by Crippen LogP contribution is 2.28. The van der Waals surface area contributed by atoms with Gasteiger partial charge in [-0.25, -0.2) is 0 Å². The lowest BCUT2D eigenvalue weighted by molar-refractivity contribution is 0.308. The predicted molar refractivity (Wildman–Crippen MR) is 79.3 cm³/mol. The van der Waals surface area contributed by atoms with E-state index >= 15 is 0 Å². The molecular weight excluding hydrogens is 252 g/mol. The van der Waals surface area contributed by atoms with Gasteiger partial charge in [-0.2, -0.15) is 0 Å². The second-order valence-corrected chi connectivity index (χ2v) is 4.72. The monoisotopic (exact) mass is 274 g/mol. The van der Waals surface area contributed by atoms with E-state index in [4.69, 9.17) is 15.0 Å². The van der Waals surface area contributed by atoms with E-state index in [0.717, 1.165) is 36.3 Å². The Balaban J connectivity index is 2.06. The van der Waals surface area contributed by atoms with Crippen molar-refractivity contribution in [2.75, 3.05) is 6.61 Å². The molecule has 0 bridgehead atoms. The van der Waals surface area contributed by atoms with E-state index in [1.54, 1.807) is 6.26 Å². The van der Waals surface area contributed by atoms with Crippen LogP contribution >= 0.6 is 0 Å². The van der Waals surface area contributed by atoms with Gasteiger partial charge in [-0.15, -0.1) is 0 Å². The van der Waals surface area contributed by atoms with Gasteiger partial charge < -0.3 is 9.15 Å². The fraction of sp³-hybridized carbons (Fsp3) is 0.375. The Labute approximate surface area is 119 Å². The van der Waals surface area contributed by atoms with Crippen LogP contribution in [0.3, 0.4) is 0 Å². The standard InChI is InChI=1S/C16H22N2O2/c1-2-11-20-16-8-4-3-7-14(16)15(18-17)10-9-13-6-5-12-19-13/h3-8,12,15,18H,2,9-11,17H2,1H3. The fourth-order valence-electron chi connectivity index (χ4n) is 2.18. The van der Waals surface area contributed by atoms with Crippen LogP contribution in [0.1, 0.15) is 37.1 Å². The highest BCUT2D eigenvalue weighted by Gasteiger charge is 2.15. The third-order valence-corrected chi connectivity index (χ3v) is 3.22. The zero-order chi connectivity index (χ0) is 14.2. The van der Waals surface area contributed by atoms with Gasteiger partial charge in [0.05, 0.1) is 18.9 Å². The lowest BCUT2D eigenvalue weighted by atomic mass is 10.0. The maximum absolute atomic E-state index is 5.79. The summed E-state index contributed by atoms with van der Waals surface area (Å²) in [5, 5.41) is 0. The van der Waals surface area contributed by atoms with Crippen molar-refractivity contribution in [1.29, 1.82) is 0 Å². The molecule has 0 amide bonds. The average Bonchev–Trinajstić information content (AvgIpc) is 3.00. The number of ether oxygens (including phenoxy) is 1. The Morgan fingerprint density at radius 3 is 2.80 bits per heavy atom. The molecule has 3 N–H and O–H groups in total. The van der Waals surface area contributed by atoms with Crippen LogP contribution in [0.4, 0.5) is 0 Å². The van der Waals surface area contributed by atoms with Gasteiger partial charge in [0.15, 0.2) is 0 Å². The summed E-state index contributed by atoms with van der Waals surface area (Å²) in [6.45, 7) is 2.81. The zero-order valence-corrected chi connectivity index (χ0v) is 11.8. The maximum atomic E-state index is 5.79. The van der Waals surface area contributed by atoms with Gasteiger partial charge in [0.25, 0.3) is 0 Å². The molecule has 0 aliphatic carbocycles. The number of benzene rings is 1. The Morgan fingerprint density at radius 2 is 2.10 bits per heavy atom. The molecule has 20 heavy (non-hydrogen) atoms. The molecule has 0 saturated heterocycles. The minimum Gasteiger partial charge on any atom is -0.493 e. The molecule has 0 spiro atoms. The number of aryl methyl sites for hydroxylation is 1. The molecule has 1 aromatic heterocycles. The van der Waals surface area contributed by atoms with Crippen LogP contribution < -0.4 is 16.0 Å². The molecule has 1 aromatic carbocycles. The fourth-order valence-corrected chi connectivity index (χ4v) is 2.18. The number of hydrogen-bond acceptors (Lipinski definition) is 4. The van der Waals surface area contributed by atoms with Crippen LogP contribution in [-0.2, 0) is 6.42 Å². The Bertz CT molecular complexity index is 497. The van der Waals surface area contributed by atoms with Crippen LogP contribution in [-0.4, -0.2) is 6.61 Å². The maximum Gasteiger partial charge on any atom is 0.124 e. The van der Waals surface area contributed by atoms with Crippen LogP contribution in [0.5, 0.6) is 5.75 Å². The molecule has 1 unspecified atom stereocenters. The molecule has 4 heteroatoms. The molecule has 0 fully saturated rings. The molecule has 0 radical (unpaired) electrons. The molecule has 0 aliphatic heterocycles. The van der Waals surface area contributed by atoms with E-state index < -0.39 is 0 Å². The summed E-state index contributed by atoms with van der Waals surface area (Å²) in [6.07, 6.45) is 4.38. The van der Waals surface area contributed by atoms with E-state index in [-0.39, 0.29) is 6.04 Å². The summed E-state index contributed by atoms with van der Waals surface area (Å²) in [7, 11) is 0. The molecule has 2 aromatic rings. The first-order chi connectivity index (χ1) is 9.85. The molecule has 108 valence electrons. The Kier molecular flexibility index (Phi) is 5.65. The van der Waals surface area contributed by atoms with Crippen LogP contribution in [0, 0.1) is 0 Å². The lowest BCUT2D eigenvalue weighted by Gasteiger charge is -2.19. The SMILES string of the molecule is CCCOc1ccccc1C(CCc1ccco1)NN. The molecule has 1 heterocycles. The number of rotatable bonds is 8. The normalized spacial score (nSPS) is 12.3. The van der Waals surface area contributed by atoms with Gasteiger partial charge >= 0.3 is 0 Å². The number of hydrogen-bond donors (Lipinski definition) is 2. The molecule has 4 nitrogen and oxygen atoms in total. The molecule has 1 atom stereocenters. The van der Waals surface area contributed by atoms with Crippen molar-refractivity contribution in [1.82, 2.24) is 5.43 Å². The molecular formula is C16H22N2O2. The third-order valence-electron chi connectivity index (χ3n) is 3.22. The summed E-state index contributed by atoms with van der Waals surface area (Å²) >= 11 is 0. The quantitative estimate of drug-likeness (QED) is 0.573. The number of nitrogens with one attached hydrogen (secondary N) is 1. The highest BCUT2D eigenvalue weighted by molar-refractivity contribution is 5.36. The first-order valence-corrected chi connectivity index (χ1v) is 7.05. The van der Waals surface area contributed by atoms with Gasteiger partial charge in [0.1, 0.15) is 11.5 Å². The number of nitrogens with two attached hydrogens (primary N) is 1. The van der Waals surface area contributed by atoms with E-state index in [9.17, 15) is 0 Å². The van der Waals surface area contributed by atoms with Crippen LogP contribution in [0.25, 0.3) is 0 Å². The molecule has 0 saturated carbocycles. The van der Waals surface area contributed by atoms with E-state index in [0.29, 0.717) is 6.61 Å². The van der Waals surface area contributed by atoms with E-state index in [2.05, 4.69) is 18.4 Å². The van der Waals surface area contributed by atoms with E-state index in [1.807, 2.05) is 30.3 Å². The topological polar surface area (TPSA) is 60.4 Å². The largest absolute Gasteiger partial charge is 0.493 e. The summed E-state index contributed by atoms with van der Waals surface area (Å²) in [5.41, 5.74) is 3.97. The smallest absolute Gasteiger partial charge is 0.124 e. The summed E-state index contributed by atoms with van der Waals surface area (Å²) in [5.74, 6) is 7.58. The van der Waals surface area contributed by atoms with Gasteiger partial charge in [-0.1, -0.05) is 25.1 Å². The first-order valence-electron chi connectivity index (χ1n) is 7.05. The van der Waals surface area contributed by atoms with Crippen molar-refractivity contribution >= 4 is 0 Å². The molecule has 0 aliphatic rings. The summed E-state index contributed by atoms with van der Waals surface area (Å²) in [4.78, 5) is 0. The molecule has 2 rings (SSSR count). The third kappa shape index (κ3) is 3.85. The van der Waals surface area contributed by atoms with Crippen molar-refractivity contribution in [3.8, 4) is 5.75 Å². The summed E-state index contributed by atoms with van der Waals surface area (Å²) in [6, 6.07) is 12.0. The van der Waals surface area contributed by atoms with Crippen molar-refractivity contribution in [2.24, 2.45) is 5.84 Å².